The van der Waals surface area contributed by atoms with Crippen LogP contribution in [0.25, 0.3) is 10.9 Å². The lowest BCUT2D eigenvalue weighted by molar-refractivity contribution is 0.173. The summed E-state index contributed by atoms with van der Waals surface area (Å²) in [4.78, 5) is 5.69. The molecule has 0 spiro atoms. The molecule has 124 valence electrons. The molecule has 1 aromatic heterocycles. The van der Waals surface area contributed by atoms with Crippen molar-refractivity contribution in [2.45, 2.75) is 25.1 Å². The van der Waals surface area contributed by atoms with E-state index in [0.29, 0.717) is 6.54 Å². The van der Waals surface area contributed by atoms with Gasteiger partial charge in [-0.1, -0.05) is 30.3 Å². The van der Waals surface area contributed by atoms with Gasteiger partial charge in [0.15, 0.2) is 0 Å². The van der Waals surface area contributed by atoms with E-state index in [9.17, 15) is 5.11 Å². The number of likely N-dealkylation sites (tertiary alicyclic amines) is 1. The minimum absolute atomic E-state index is 0.209. The van der Waals surface area contributed by atoms with Crippen LogP contribution < -0.4 is 4.74 Å². The van der Waals surface area contributed by atoms with Crippen molar-refractivity contribution in [1.29, 1.82) is 0 Å². The third-order valence-electron chi connectivity index (χ3n) is 4.91. The van der Waals surface area contributed by atoms with Crippen LogP contribution in [-0.2, 0) is 6.54 Å². The molecule has 2 atom stereocenters. The van der Waals surface area contributed by atoms with E-state index in [2.05, 4.69) is 46.3 Å². The van der Waals surface area contributed by atoms with Gasteiger partial charge in [-0.3, -0.25) is 4.90 Å². The molecule has 2 heterocycles. The van der Waals surface area contributed by atoms with Crippen molar-refractivity contribution in [3.8, 4) is 5.75 Å². The maximum absolute atomic E-state index is 10.2. The van der Waals surface area contributed by atoms with Gasteiger partial charge in [-0.25, -0.2) is 0 Å². The Morgan fingerprint density at radius 2 is 2.08 bits per heavy atom. The molecule has 2 aromatic carbocycles. The van der Waals surface area contributed by atoms with Gasteiger partial charge >= 0.3 is 0 Å². The molecular formula is C20H22N2O2. The van der Waals surface area contributed by atoms with Crippen LogP contribution in [-0.4, -0.2) is 34.7 Å². The number of aromatic amines is 1. The zero-order chi connectivity index (χ0) is 16.5. The van der Waals surface area contributed by atoms with Gasteiger partial charge in [0.05, 0.1) is 13.2 Å². The van der Waals surface area contributed by atoms with E-state index >= 15 is 0 Å². The molecule has 0 amide bonds. The van der Waals surface area contributed by atoms with Crippen LogP contribution in [0, 0.1) is 0 Å². The van der Waals surface area contributed by atoms with Crippen molar-refractivity contribution >= 4 is 10.9 Å². The monoisotopic (exact) mass is 322 g/mol. The average Bonchev–Trinajstić information content (AvgIpc) is 3.22. The fourth-order valence-corrected chi connectivity index (χ4v) is 3.75. The fraction of sp³-hybridized carbons (Fsp3) is 0.300. The Labute approximate surface area is 141 Å². The van der Waals surface area contributed by atoms with Crippen molar-refractivity contribution in [3.63, 3.8) is 0 Å². The molecule has 1 aliphatic heterocycles. The highest BCUT2D eigenvalue weighted by Crippen LogP contribution is 2.35. The molecule has 2 N–H and O–H groups in total. The number of methoxy groups -OCH3 is 1. The SMILES string of the molecule is COc1cccc(C2CC(O)CN2Cc2cccc3cc[nH]c23)c1. The van der Waals surface area contributed by atoms with Crippen molar-refractivity contribution in [2.24, 2.45) is 0 Å². The second kappa shape index (κ2) is 6.30. The molecule has 0 radical (unpaired) electrons. The molecule has 1 aliphatic rings. The Balaban J connectivity index is 1.64. The highest BCUT2D eigenvalue weighted by Gasteiger charge is 2.32. The topological polar surface area (TPSA) is 48.5 Å². The summed E-state index contributed by atoms with van der Waals surface area (Å²) in [6.45, 7) is 1.51. The lowest BCUT2D eigenvalue weighted by Gasteiger charge is -2.25. The highest BCUT2D eigenvalue weighted by molar-refractivity contribution is 5.82. The van der Waals surface area contributed by atoms with Crippen LogP contribution in [0.15, 0.2) is 54.7 Å². The van der Waals surface area contributed by atoms with Crippen molar-refractivity contribution in [3.05, 3.63) is 65.9 Å². The maximum atomic E-state index is 10.2. The number of ether oxygens (including phenoxy) is 1. The number of aliphatic hydroxyl groups excluding tert-OH is 1. The molecule has 4 rings (SSSR count). The average molecular weight is 322 g/mol. The summed E-state index contributed by atoms with van der Waals surface area (Å²) in [7, 11) is 1.69. The first-order valence-electron chi connectivity index (χ1n) is 8.35. The Morgan fingerprint density at radius 3 is 2.96 bits per heavy atom. The number of benzene rings is 2. The van der Waals surface area contributed by atoms with Gasteiger partial charge in [-0.15, -0.1) is 0 Å². The smallest absolute Gasteiger partial charge is 0.119 e. The zero-order valence-electron chi connectivity index (χ0n) is 13.8. The van der Waals surface area contributed by atoms with Gasteiger partial charge in [0.1, 0.15) is 5.75 Å². The summed E-state index contributed by atoms with van der Waals surface area (Å²) < 4.78 is 5.36. The number of hydrogen-bond donors (Lipinski definition) is 2. The Bertz CT molecular complexity index is 842. The first-order valence-corrected chi connectivity index (χ1v) is 8.35. The van der Waals surface area contributed by atoms with E-state index < -0.39 is 0 Å². The number of rotatable bonds is 4. The van der Waals surface area contributed by atoms with Crippen LogP contribution in [0.3, 0.4) is 0 Å². The number of aliphatic hydroxyl groups is 1. The Morgan fingerprint density at radius 1 is 1.21 bits per heavy atom. The number of β-amino-alcohol motifs (C(OH)–C–C–N with tert-alkyl or cyclic N) is 1. The van der Waals surface area contributed by atoms with E-state index in [4.69, 9.17) is 4.74 Å². The number of nitrogens with zero attached hydrogens (tertiary/aromatic N) is 1. The van der Waals surface area contributed by atoms with E-state index in [1.54, 1.807) is 7.11 Å². The summed E-state index contributed by atoms with van der Waals surface area (Å²) in [5.74, 6) is 0.861. The summed E-state index contributed by atoms with van der Waals surface area (Å²) in [6.07, 6.45) is 2.45. The van der Waals surface area contributed by atoms with E-state index in [1.807, 2.05) is 18.3 Å². The van der Waals surface area contributed by atoms with Crippen LogP contribution in [0.5, 0.6) is 5.75 Å². The molecule has 4 heteroatoms. The number of aromatic nitrogens is 1. The van der Waals surface area contributed by atoms with Crippen molar-refractivity contribution < 1.29 is 9.84 Å². The van der Waals surface area contributed by atoms with Crippen molar-refractivity contribution in [2.75, 3.05) is 13.7 Å². The molecule has 0 aliphatic carbocycles. The van der Waals surface area contributed by atoms with Gasteiger partial charge in [-0.05, 0) is 41.1 Å². The molecule has 0 saturated carbocycles. The molecule has 2 unspecified atom stereocenters. The molecule has 1 fully saturated rings. The lowest BCUT2D eigenvalue weighted by Crippen LogP contribution is -2.24. The minimum atomic E-state index is -0.288. The Hall–Kier alpha value is -2.30. The summed E-state index contributed by atoms with van der Waals surface area (Å²) >= 11 is 0. The third-order valence-corrected chi connectivity index (χ3v) is 4.91. The lowest BCUT2D eigenvalue weighted by atomic mass is 10.0. The molecular weight excluding hydrogens is 300 g/mol. The van der Waals surface area contributed by atoms with Gasteiger partial charge in [0.25, 0.3) is 0 Å². The molecule has 3 aromatic rings. The van der Waals surface area contributed by atoms with Crippen LogP contribution in [0.2, 0.25) is 0 Å². The largest absolute Gasteiger partial charge is 0.497 e. The summed E-state index contributed by atoms with van der Waals surface area (Å²) in [5, 5.41) is 11.5. The molecule has 4 nitrogen and oxygen atoms in total. The Kier molecular flexibility index (Phi) is 4.00. The second-order valence-electron chi connectivity index (χ2n) is 6.47. The quantitative estimate of drug-likeness (QED) is 0.773. The molecule has 1 saturated heterocycles. The number of para-hydroxylation sites is 1. The maximum Gasteiger partial charge on any atom is 0.119 e. The number of H-pyrrole nitrogens is 1. The van der Waals surface area contributed by atoms with Crippen LogP contribution in [0.1, 0.15) is 23.6 Å². The zero-order valence-corrected chi connectivity index (χ0v) is 13.8. The van der Waals surface area contributed by atoms with Gasteiger partial charge in [-0.2, -0.15) is 0 Å². The predicted octanol–water partition coefficient (Wildman–Crippen LogP) is 3.48. The normalized spacial score (nSPS) is 21.4. The van der Waals surface area contributed by atoms with E-state index in [0.717, 1.165) is 18.7 Å². The van der Waals surface area contributed by atoms with Gasteiger partial charge in [0, 0.05) is 30.8 Å². The number of hydrogen-bond acceptors (Lipinski definition) is 3. The number of nitrogens with one attached hydrogen (secondary N) is 1. The minimum Gasteiger partial charge on any atom is -0.497 e. The predicted molar refractivity (Wildman–Crippen MR) is 95.1 cm³/mol. The van der Waals surface area contributed by atoms with Gasteiger partial charge in [0.2, 0.25) is 0 Å². The van der Waals surface area contributed by atoms with Gasteiger partial charge < -0.3 is 14.8 Å². The fourth-order valence-electron chi connectivity index (χ4n) is 3.75. The van der Waals surface area contributed by atoms with Crippen molar-refractivity contribution in [1.82, 2.24) is 9.88 Å². The first kappa shape index (κ1) is 15.2. The summed E-state index contributed by atoms with van der Waals surface area (Å²) in [5.41, 5.74) is 3.65. The first-order chi connectivity index (χ1) is 11.7. The second-order valence-corrected chi connectivity index (χ2v) is 6.47. The standard InChI is InChI=1S/C20H22N2O2/c1-24-18-7-3-5-15(10-18)19-11-17(23)13-22(19)12-16-6-2-4-14-8-9-21-20(14)16/h2-10,17,19,21,23H,11-13H2,1H3. The van der Waals surface area contributed by atoms with Crippen LogP contribution in [0.4, 0.5) is 0 Å². The third kappa shape index (κ3) is 2.79. The molecule has 0 bridgehead atoms. The van der Waals surface area contributed by atoms with E-state index in [1.165, 1.54) is 22.0 Å². The van der Waals surface area contributed by atoms with E-state index in [-0.39, 0.29) is 12.1 Å². The highest BCUT2D eigenvalue weighted by atomic mass is 16.5. The number of fused-ring (bicyclic) bond motifs is 1. The van der Waals surface area contributed by atoms with Crippen LogP contribution >= 0.6 is 0 Å². The summed E-state index contributed by atoms with van der Waals surface area (Å²) in [6, 6.07) is 16.8. The molecule has 24 heavy (non-hydrogen) atoms.